The first-order chi connectivity index (χ1) is 9.11. The lowest BCUT2D eigenvalue weighted by Gasteiger charge is -2.19. The van der Waals surface area contributed by atoms with E-state index in [4.69, 9.17) is 4.74 Å². The van der Waals surface area contributed by atoms with Gasteiger partial charge in [-0.25, -0.2) is 4.39 Å². The number of hydrogen-bond donors (Lipinski definition) is 1. The topological polar surface area (TPSA) is 21.3 Å². The lowest BCUT2D eigenvalue weighted by Crippen LogP contribution is -2.09. The monoisotopic (exact) mass is 259 g/mol. The molecule has 2 nitrogen and oxygen atoms in total. The number of rotatable bonds is 4. The molecule has 0 aliphatic carbocycles. The van der Waals surface area contributed by atoms with Crippen LogP contribution in [-0.2, 0) is 0 Å². The van der Waals surface area contributed by atoms with Crippen molar-refractivity contribution in [2.45, 2.75) is 19.9 Å². The summed E-state index contributed by atoms with van der Waals surface area (Å²) in [5.41, 5.74) is 2.87. The average molecular weight is 259 g/mol. The molecule has 2 rings (SSSR count). The molecule has 0 bridgehead atoms. The zero-order chi connectivity index (χ0) is 13.8. The van der Waals surface area contributed by atoms with Crippen molar-refractivity contribution in [2.75, 3.05) is 12.4 Å². The van der Waals surface area contributed by atoms with Crippen LogP contribution in [0.25, 0.3) is 0 Å². The van der Waals surface area contributed by atoms with Crippen LogP contribution in [-0.4, -0.2) is 7.11 Å². The van der Waals surface area contributed by atoms with Gasteiger partial charge in [-0.2, -0.15) is 0 Å². The Hall–Kier alpha value is -2.03. The zero-order valence-corrected chi connectivity index (χ0v) is 11.4. The van der Waals surface area contributed by atoms with E-state index >= 15 is 0 Å². The highest BCUT2D eigenvalue weighted by Crippen LogP contribution is 2.28. The van der Waals surface area contributed by atoms with E-state index in [0.717, 1.165) is 22.6 Å². The van der Waals surface area contributed by atoms with Gasteiger partial charge >= 0.3 is 0 Å². The minimum atomic E-state index is -0.236. The summed E-state index contributed by atoms with van der Waals surface area (Å²) < 4.78 is 18.6. The number of aryl methyl sites for hydroxylation is 1. The van der Waals surface area contributed by atoms with E-state index in [1.807, 2.05) is 38.1 Å². The molecule has 0 aromatic heterocycles. The SMILES string of the molecule is COc1ccccc1C(C)Nc1cc(F)ccc1C. The number of ether oxygens (including phenoxy) is 1. The molecule has 3 heteroatoms. The van der Waals surface area contributed by atoms with Crippen molar-refractivity contribution < 1.29 is 9.13 Å². The second-order valence-corrected chi connectivity index (χ2v) is 4.57. The van der Waals surface area contributed by atoms with Crippen LogP contribution in [0, 0.1) is 12.7 Å². The first kappa shape index (κ1) is 13.4. The predicted octanol–water partition coefficient (Wildman–Crippen LogP) is 4.32. The lowest BCUT2D eigenvalue weighted by atomic mass is 10.1. The summed E-state index contributed by atoms with van der Waals surface area (Å²) in [4.78, 5) is 0. The molecule has 0 aliphatic heterocycles. The first-order valence-corrected chi connectivity index (χ1v) is 6.27. The Kier molecular flexibility index (Phi) is 4.05. The molecule has 0 heterocycles. The quantitative estimate of drug-likeness (QED) is 0.883. The summed E-state index contributed by atoms with van der Waals surface area (Å²) >= 11 is 0. The molecule has 100 valence electrons. The number of halogens is 1. The van der Waals surface area contributed by atoms with Crippen LogP contribution in [0.1, 0.15) is 24.1 Å². The summed E-state index contributed by atoms with van der Waals surface area (Å²) in [6.07, 6.45) is 0. The van der Waals surface area contributed by atoms with Gasteiger partial charge in [-0.1, -0.05) is 24.3 Å². The number of benzene rings is 2. The molecule has 0 radical (unpaired) electrons. The Balaban J connectivity index is 2.25. The highest BCUT2D eigenvalue weighted by Gasteiger charge is 2.11. The Morgan fingerprint density at radius 2 is 1.89 bits per heavy atom. The van der Waals surface area contributed by atoms with Crippen molar-refractivity contribution in [1.29, 1.82) is 0 Å². The van der Waals surface area contributed by atoms with Crippen molar-refractivity contribution in [1.82, 2.24) is 0 Å². The van der Waals surface area contributed by atoms with E-state index in [1.165, 1.54) is 12.1 Å². The van der Waals surface area contributed by atoms with Gasteiger partial charge in [0, 0.05) is 11.3 Å². The molecule has 1 N–H and O–H groups in total. The van der Waals surface area contributed by atoms with Crippen LogP contribution in [0.3, 0.4) is 0 Å². The van der Waals surface area contributed by atoms with E-state index < -0.39 is 0 Å². The first-order valence-electron chi connectivity index (χ1n) is 6.27. The fraction of sp³-hybridized carbons (Fsp3) is 0.250. The van der Waals surface area contributed by atoms with E-state index in [0.29, 0.717) is 0 Å². The van der Waals surface area contributed by atoms with Gasteiger partial charge in [0.25, 0.3) is 0 Å². The van der Waals surface area contributed by atoms with Crippen LogP contribution in [0.15, 0.2) is 42.5 Å². The second kappa shape index (κ2) is 5.74. The van der Waals surface area contributed by atoms with Gasteiger partial charge in [-0.3, -0.25) is 0 Å². The van der Waals surface area contributed by atoms with Crippen LogP contribution < -0.4 is 10.1 Å². The predicted molar refractivity (Wildman–Crippen MR) is 76.2 cm³/mol. The number of hydrogen-bond acceptors (Lipinski definition) is 2. The third kappa shape index (κ3) is 3.05. The molecule has 2 aromatic carbocycles. The van der Waals surface area contributed by atoms with Gasteiger partial charge in [0.2, 0.25) is 0 Å². The van der Waals surface area contributed by atoms with Crippen molar-refractivity contribution in [3.05, 3.63) is 59.4 Å². The summed E-state index contributed by atoms with van der Waals surface area (Å²) in [6.45, 7) is 3.99. The summed E-state index contributed by atoms with van der Waals surface area (Å²) in [5.74, 6) is 0.594. The van der Waals surface area contributed by atoms with Gasteiger partial charge in [-0.15, -0.1) is 0 Å². The summed E-state index contributed by atoms with van der Waals surface area (Å²) in [5, 5.41) is 3.32. The smallest absolute Gasteiger partial charge is 0.125 e. The largest absolute Gasteiger partial charge is 0.496 e. The Morgan fingerprint density at radius 3 is 2.63 bits per heavy atom. The van der Waals surface area contributed by atoms with Crippen LogP contribution in [0.4, 0.5) is 10.1 Å². The maximum absolute atomic E-state index is 13.3. The molecule has 1 atom stereocenters. The standard InChI is InChI=1S/C16H18FNO/c1-11-8-9-13(17)10-15(11)18-12(2)14-6-4-5-7-16(14)19-3/h4-10,12,18H,1-3H3. The molecule has 19 heavy (non-hydrogen) atoms. The van der Waals surface area contributed by atoms with Gasteiger partial charge < -0.3 is 10.1 Å². The van der Waals surface area contributed by atoms with E-state index in [9.17, 15) is 4.39 Å². The van der Waals surface area contributed by atoms with Crippen LogP contribution >= 0.6 is 0 Å². The third-order valence-electron chi connectivity index (χ3n) is 3.18. The van der Waals surface area contributed by atoms with Crippen molar-refractivity contribution in [3.63, 3.8) is 0 Å². The second-order valence-electron chi connectivity index (χ2n) is 4.57. The maximum Gasteiger partial charge on any atom is 0.125 e. The van der Waals surface area contributed by atoms with Crippen LogP contribution in [0.2, 0.25) is 0 Å². The minimum Gasteiger partial charge on any atom is -0.496 e. The Morgan fingerprint density at radius 1 is 1.16 bits per heavy atom. The number of para-hydroxylation sites is 1. The fourth-order valence-electron chi connectivity index (χ4n) is 2.08. The van der Waals surface area contributed by atoms with Gasteiger partial charge in [0.05, 0.1) is 13.2 Å². The molecule has 0 saturated carbocycles. The molecule has 0 fully saturated rings. The molecule has 0 saturated heterocycles. The van der Waals surface area contributed by atoms with Crippen molar-refractivity contribution in [2.24, 2.45) is 0 Å². The van der Waals surface area contributed by atoms with Crippen molar-refractivity contribution >= 4 is 5.69 Å². The Labute approximate surface area is 113 Å². The average Bonchev–Trinajstić information content (AvgIpc) is 2.42. The highest BCUT2D eigenvalue weighted by atomic mass is 19.1. The highest BCUT2D eigenvalue weighted by molar-refractivity contribution is 5.53. The number of nitrogens with one attached hydrogen (secondary N) is 1. The fourth-order valence-corrected chi connectivity index (χ4v) is 2.08. The molecule has 2 aromatic rings. The molecule has 0 spiro atoms. The molecular formula is C16H18FNO. The van der Waals surface area contributed by atoms with Gasteiger partial charge in [0.15, 0.2) is 0 Å². The molecule has 0 amide bonds. The van der Waals surface area contributed by atoms with E-state index in [-0.39, 0.29) is 11.9 Å². The third-order valence-corrected chi connectivity index (χ3v) is 3.18. The summed E-state index contributed by atoms with van der Waals surface area (Å²) in [6, 6.07) is 12.6. The van der Waals surface area contributed by atoms with Gasteiger partial charge in [-0.05, 0) is 37.6 Å². The van der Waals surface area contributed by atoms with Crippen LogP contribution in [0.5, 0.6) is 5.75 Å². The number of methoxy groups -OCH3 is 1. The molecular weight excluding hydrogens is 241 g/mol. The number of anilines is 1. The zero-order valence-electron chi connectivity index (χ0n) is 11.4. The molecule has 0 aliphatic rings. The van der Waals surface area contributed by atoms with Crippen molar-refractivity contribution in [3.8, 4) is 5.75 Å². The molecule has 1 unspecified atom stereocenters. The summed E-state index contributed by atoms with van der Waals surface area (Å²) in [7, 11) is 1.65. The lowest BCUT2D eigenvalue weighted by molar-refractivity contribution is 0.408. The van der Waals surface area contributed by atoms with E-state index in [2.05, 4.69) is 5.32 Å². The van der Waals surface area contributed by atoms with Gasteiger partial charge in [0.1, 0.15) is 11.6 Å². The Bertz CT molecular complexity index is 568. The van der Waals surface area contributed by atoms with E-state index in [1.54, 1.807) is 13.2 Å². The normalized spacial score (nSPS) is 12.0. The maximum atomic E-state index is 13.3. The minimum absolute atomic E-state index is 0.0386.